The molecule has 21 heavy (non-hydrogen) atoms. The van der Waals surface area contributed by atoms with Gasteiger partial charge < -0.3 is 4.74 Å². The molecule has 0 aliphatic carbocycles. The summed E-state index contributed by atoms with van der Waals surface area (Å²) in [7, 11) is 1.40. The van der Waals surface area contributed by atoms with Crippen LogP contribution < -0.4 is 10.3 Å². The lowest BCUT2D eigenvalue weighted by Crippen LogP contribution is -2.29. The third kappa shape index (κ3) is 3.29. The topological polar surface area (TPSA) is 61.2 Å². The summed E-state index contributed by atoms with van der Waals surface area (Å²) in [4.78, 5) is 28.4. The minimum absolute atomic E-state index is 0.0997. The summed E-state index contributed by atoms with van der Waals surface area (Å²) in [6.07, 6.45) is 1.45. The standard InChI is InChI=1S/C14H12FIN2O3/c1-8-17-6-11(16)14(20)18(8)7-12(19)10-5-9(15)3-4-13(10)21-2/h3-6H,7H2,1-2H3. The zero-order valence-corrected chi connectivity index (χ0v) is 13.5. The van der Waals surface area contributed by atoms with E-state index in [1.807, 2.05) is 22.6 Å². The van der Waals surface area contributed by atoms with E-state index in [1.54, 1.807) is 6.92 Å². The van der Waals surface area contributed by atoms with Gasteiger partial charge in [-0.3, -0.25) is 14.2 Å². The van der Waals surface area contributed by atoms with E-state index in [4.69, 9.17) is 4.74 Å². The summed E-state index contributed by atoms with van der Waals surface area (Å²) in [5.74, 6) is -0.265. The summed E-state index contributed by atoms with van der Waals surface area (Å²) in [6.45, 7) is 1.42. The smallest absolute Gasteiger partial charge is 0.267 e. The zero-order chi connectivity index (χ0) is 15.6. The summed E-state index contributed by atoms with van der Waals surface area (Å²) >= 11 is 1.86. The quantitative estimate of drug-likeness (QED) is 0.581. The van der Waals surface area contributed by atoms with Crippen LogP contribution >= 0.6 is 22.6 Å². The van der Waals surface area contributed by atoms with E-state index in [1.165, 1.54) is 30.0 Å². The predicted molar refractivity (Wildman–Crippen MR) is 83.2 cm³/mol. The largest absolute Gasteiger partial charge is 0.496 e. The molecule has 0 saturated carbocycles. The molecule has 0 spiro atoms. The fraction of sp³-hybridized carbons (Fsp3) is 0.214. The summed E-state index contributed by atoms with van der Waals surface area (Å²) in [5, 5.41) is 0. The average molecular weight is 402 g/mol. The Labute approximate surface area is 133 Å². The van der Waals surface area contributed by atoms with Gasteiger partial charge in [-0.25, -0.2) is 9.37 Å². The first-order valence-corrected chi connectivity index (χ1v) is 7.10. The van der Waals surface area contributed by atoms with Crippen LogP contribution in [0.25, 0.3) is 0 Å². The molecule has 0 N–H and O–H groups in total. The highest BCUT2D eigenvalue weighted by molar-refractivity contribution is 14.1. The molecule has 0 amide bonds. The highest BCUT2D eigenvalue weighted by Gasteiger charge is 2.16. The van der Waals surface area contributed by atoms with Gasteiger partial charge in [0.25, 0.3) is 5.56 Å². The minimum Gasteiger partial charge on any atom is -0.496 e. The van der Waals surface area contributed by atoms with Gasteiger partial charge in [0.1, 0.15) is 17.4 Å². The van der Waals surface area contributed by atoms with Crippen LogP contribution in [0, 0.1) is 16.3 Å². The number of Topliss-reactive ketones (excluding diaryl/α,β-unsaturated/α-hetero) is 1. The number of hydrogen-bond donors (Lipinski definition) is 0. The van der Waals surface area contributed by atoms with Crippen LogP contribution in [0.5, 0.6) is 5.75 Å². The third-order valence-electron chi connectivity index (χ3n) is 2.97. The van der Waals surface area contributed by atoms with Gasteiger partial charge in [0.15, 0.2) is 5.78 Å². The Hall–Kier alpha value is -1.77. The fourth-order valence-corrected chi connectivity index (χ4v) is 2.29. The van der Waals surface area contributed by atoms with E-state index in [0.29, 0.717) is 9.39 Å². The van der Waals surface area contributed by atoms with Crippen LogP contribution in [0.1, 0.15) is 16.2 Å². The number of ether oxygens (including phenoxy) is 1. The molecule has 2 rings (SSSR count). The SMILES string of the molecule is COc1ccc(F)cc1C(=O)Cn1c(C)ncc(I)c1=O. The van der Waals surface area contributed by atoms with Crippen LogP contribution in [0.3, 0.4) is 0 Å². The molecule has 110 valence electrons. The predicted octanol–water partition coefficient (Wildman–Crippen LogP) is 2.19. The lowest BCUT2D eigenvalue weighted by Gasteiger charge is -2.11. The summed E-state index contributed by atoms with van der Waals surface area (Å²) in [5.41, 5.74) is -0.200. The maximum Gasteiger partial charge on any atom is 0.267 e. The Morgan fingerprint density at radius 3 is 2.86 bits per heavy atom. The van der Waals surface area contributed by atoms with Gasteiger partial charge in [0.05, 0.1) is 22.8 Å². The highest BCUT2D eigenvalue weighted by Crippen LogP contribution is 2.20. The Morgan fingerprint density at radius 1 is 1.48 bits per heavy atom. The Bertz CT molecular complexity index is 758. The third-order valence-corrected chi connectivity index (χ3v) is 3.71. The second-order valence-corrected chi connectivity index (χ2v) is 5.47. The number of nitrogens with zero attached hydrogens (tertiary/aromatic N) is 2. The van der Waals surface area contributed by atoms with Gasteiger partial charge in [-0.2, -0.15) is 0 Å². The van der Waals surface area contributed by atoms with Crippen LogP contribution in [-0.2, 0) is 6.54 Å². The van der Waals surface area contributed by atoms with Crippen molar-refractivity contribution in [3.63, 3.8) is 0 Å². The molecule has 1 aromatic carbocycles. The number of carbonyl (C=O) groups is 1. The molecular weight excluding hydrogens is 390 g/mol. The molecule has 5 nitrogen and oxygen atoms in total. The molecule has 0 unspecified atom stereocenters. The number of carbonyl (C=O) groups excluding carboxylic acids is 1. The van der Waals surface area contributed by atoms with Crippen molar-refractivity contribution in [3.8, 4) is 5.75 Å². The second kappa shape index (κ2) is 6.33. The van der Waals surface area contributed by atoms with Crippen molar-refractivity contribution >= 4 is 28.4 Å². The van der Waals surface area contributed by atoms with E-state index in [-0.39, 0.29) is 23.4 Å². The maximum absolute atomic E-state index is 13.3. The number of aryl methyl sites for hydroxylation is 1. The van der Waals surface area contributed by atoms with E-state index >= 15 is 0 Å². The summed E-state index contributed by atoms with van der Waals surface area (Å²) in [6, 6.07) is 3.69. The Balaban J connectivity index is 2.42. The fourth-order valence-electron chi connectivity index (χ4n) is 1.86. The van der Waals surface area contributed by atoms with E-state index in [2.05, 4.69) is 4.98 Å². The van der Waals surface area contributed by atoms with Crippen molar-refractivity contribution in [2.45, 2.75) is 13.5 Å². The van der Waals surface area contributed by atoms with Crippen molar-refractivity contribution in [3.05, 3.63) is 55.5 Å². The number of rotatable bonds is 4. The molecule has 0 bridgehead atoms. The molecule has 0 atom stereocenters. The van der Waals surface area contributed by atoms with Crippen LogP contribution in [0.4, 0.5) is 4.39 Å². The Morgan fingerprint density at radius 2 is 2.19 bits per heavy atom. The molecule has 0 aliphatic heterocycles. The molecule has 0 aliphatic rings. The van der Waals surface area contributed by atoms with Gasteiger partial charge in [0.2, 0.25) is 0 Å². The number of aromatic nitrogens is 2. The van der Waals surface area contributed by atoms with Crippen molar-refractivity contribution in [2.24, 2.45) is 0 Å². The first-order chi connectivity index (χ1) is 9.93. The molecule has 2 aromatic rings. The monoisotopic (exact) mass is 402 g/mol. The van der Waals surface area contributed by atoms with Crippen molar-refractivity contribution in [1.82, 2.24) is 9.55 Å². The summed E-state index contributed by atoms with van der Waals surface area (Å²) < 4.78 is 20.0. The second-order valence-electron chi connectivity index (χ2n) is 4.31. The van der Waals surface area contributed by atoms with Crippen LogP contribution in [0.15, 0.2) is 29.2 Å². The van der Waals surface area contributed by atoms with Crippen molar-refractivity contribution < 1.29 is 13.9 Å². The van der Waals surface area contributed by atoms with Crippen molar-refractivity contribution in [1.29, 1.82) is 0 Å². The normalized spacial score (nSPS) is 10.5. The lowest BCUT2D eigenvalue weighted by atomic mass is 10.1. The molecule has 0 saturated heterocycles. The van der Waals surface area contributed by atoms with Gasteiger partial charge >= 0.3 is 0 Å². The van der Waals surface area contributed by atoms with Crippen molar-refractivity contribution in [2.75, 3.05) is 7.11 Å². The molecule has 0 radical (unpaired) electrons. The molecule has 1 aromatic heterocycles. The zero-order valence-electron chi connectivity index (χ0n) is 11.4. The van der Waals surface area contributed by atoms with E-state index in [9.17, 15) is 14.0 Å². The minimum atomic E-state index is -0.538. The number of hydrogen-bond acceptors (Lipinski definition) is 4. The number of benzene rings is 1. The first kappa shape index (κ1) is 15.6. The average Bonchev–Trinajstić information content (AvgIpc) is 2.47. The lowest BCUT2D eigenvalue weighted by molar-refractivity contribution is 0.0966. The highest BCUT2D eigenvalue weighted by atomic mass is 127. The van der Waals surface area contributed by atoms with Crippen LogP contribution in [0.2, 0.25) is 0 Å². The molecule has 0 fully saturated rings. The van der Waals surface area contributed by atoms with Gasteiger partial charge in [-0.15, -0.1) is 0 Å². The number of methoxy groups -OCH3 is 1. The van der Waals surface area contributed by atoms with Gasteiger partial charge in [-0.1, -0.05) is 0 Å². The molecule has 7 heteroatoms. The van der Waals surface area contributed by atoms with E-state index in [0.717, 1.165) is 6.07 Å². The molecule has 1 heterocycles. The van der Waals surface area contributed by atoms with Gasteiger partial charge in [0, 0.05) is 6.20 Å². The number of halogens is 2. The molecular formula is C14H12FIN2O3. The Kier molecular flexibility index (Phi) is 4.71. The van der Waals surface area contributed by atoms with Crippen LogP contribution in [-0.4, -0.2) is 22.4 Å². The van der Waals surface area contributed by atoms with E-state index < -0.39 is 11.6 Å². The number of ketones is 1. The maximum atomic E-state index is 13.3. The van der Waals surface area contributed by atoms with Gasteiger partial charge in [-0.05, 0) is 47.7 Å². The first-order valence-electron chi connectivity index (χ1n) is 6.02.